The maximum Gasteiger partial charge on any atom is 0.119 e. The molecule has 0 aromatic rings. The standard InChI is InChI=1S/C5H11BrO/c1-3-5(6,7)4-2/h7H,3-4H2,1-2H3. The summed E-state index contributed by atoms with van der Waals surface area (Å²) in [5.74, 6) is 0. The van der Waals surface area contributed by atoms with Crippen molar-refractivity contribution in [3.8, 4) is 0 Å². The van der Waals surface area contributed by atoms with Gasteiger partial charge in [0.25, 0.3) is 0 Å². The molecule has 0 saturated carbocycles. The van der Waals surface area contributed by atoms with Crippen LogP contribution in [0.5, 0.6) is 0 Å². The second-order valence-electron chi connectivity index (χ2n) is 1.63. The van der Waals surface area contributed by atoms with Crippen LogP contribution in [0.15, 0.2) is 0 Å². The van der Waals surface area contributed by atoms with Crippen LogP contribution in [0.25, 0.3) is 0 Å². The number of hydrogen-bond acceptors (Lipinski definition) is 1. The molecule has 1 N–H and O–H groups in total. The van der Waals surface area contributed by atoms with Crippen molar-refractivity contribution in [1.82, 2.24) is 0 Å². The van der Waals surface area contributed by atoms with Gasteiger partial charge in [0.15, 0.2) is 0 Å². The van der Waals surface area contributed by atoms with Gasteiger partial charge in [-0.05, 0) is 12.8 Å². The summed E-state index contributed by atoms with van der Waals surface area (Å²) in [4.78, 5) is 0. The Morgan fingerprint density at radius 3 is 1.71 bits per heavy atom. The van der Waals surface area contributed by atoms with Crippen LogP contribution in [0, 0.1) is 0 Å². The van der Waals surface area contributed by atoms with Crippen LogP contribution >= 0.6 is 15.9 Å². The molecule has 0 aromatic heterocycles. The minimum atomic E-state index is -0.604. The van der Waals surface area contributed by atoms with Gasteiger partial charge in [0.1, 0.15) is 4.51 Å². The maximum absolute atomic E-state index is 9.05. The normalized spacial score (nSPS) is 12.0. The van der Waals surface area contributed by atoms with Gasteiger partial charge < -0.3 is 5.11 Å². The highest BCUT2D eigenvalue weighted by atomic mass is 79.9. The lowest BCUT2D eigenvalue weighted by atomic mass is 10.2. The van der Waals surface area contributed by atoms with Gasteiger partial charge in [-0.3, -0.25) is 0 Å². The third-order valence-corrected chi connectivity index (χ3v) is 2.20. The fraction of sp³-hybridized carbons (Fsp3) is 1.00. The van der Waals surface area contributed by atoms with Crippen LogP contribution in [0.4, 0.5) is 0 Å². The van der Waals surface area contributed by atoms with E-state index in [1.807, 2.05) is 13.8 Å². The number of hydrogen-bond donors (Lipinski definition) is 1. The zero-order valence-corrected chi connectivity index (χ0v) is 6.33. The summed E-state index contributed by atoms with van der Waals surface area (Å²) in [6.07, 6.45) is 1.53. The molecule has 0 aromatic carbocycles. The lowest BCUT2D eigenvalue weighted by Crippen LogP contribution is -2.15. The van der Waals surface area contributed by atoms with E-state index in [1.54, 1.807) is 0 Å². The fourth-order valence-corrected chi connectivity index (χ4v) is 0.250. The van der Waals surface area contributed by atoms with Gasteiger partial charge in [0, 0.05) is 0 Å². The summed E-state index contributed by atoms with van der Waals surface area (Å²) in [5.41, 5.74) is 0. The Morgan fingerprint density at radius 1 is 1.43 bits per heavy atom. The van der Waals surface area contributed by atoms with Gasteiger partial charge in [-0.2, -0.15) is 0 Å². The van der Waals surface area contributed by atoms with Gasteiger partial charge in [-0.1, -0.05) is 29.8 Å². The van der Waals surface area contributed by atoms with Crippen molar-refractivity contribution in [3.05, 3.63) is 0 Å². The zero-order chi connectivity index (χ0) is 5.91. The van der Waals surface area contributed by atoms with Gasteiger partial charge in [-0.15, -0.1) is 0 Å². The first-order chi connectivity index (χ1) is 3.12. The number of alkyl halides is 1. The molecule has 0 bridgehead atoms. The summed E-state index contributed by atoms with van der Waals surface area (Å²) in [6, 6.07) is 0. The van der Waals surface area contributed by atoms with Gasteiger partial charge in [0.2, 0.25) is 0 Å². The highest BCUT2D eigenvalue weighted by Gasteiger charge is 2.15. The van der Waals surface area contributed by atoms with Crippen LogP contribution in [-0.4, -0.2) is 9.62 Å². The van der Waals surface area contributed by atoms with E-state index in [0.29, 0.717) is 0 Å². The van der Waals surface area contributed by atoms with Crippen molar-refractivity contribution in [2.45, 2.75) is 31.2 Å². The average molecular weight is 167 g/mol. The number of halogens is 1. The first-order valence-electron chi connectivity index (χ1n) is 2.53. The van der Waals surface area contributed by atoms with Gasteiger partial charge >= 0.3 is 0 Å². The Morgan fingerprint density at radius 2 is 1.71 bits per heavy atom. The Labute approximate surface area is 52.9 Å². The first-order valence-corrected chi connectivity index (χ1v) is 3.33. The molecule has 0 saturated heterocycles. The number of aliphatic hydroxyl groups is 1. The molecule has 0 spiro atoms. The summed E-state index contributed by atoms with van der Waals surface area (Å²) < 4.78 is -0.604. The van der Waals surface area contributed by atoms with E-state index in [4.69, 9.17) is 5.11 Å². The minimum Gasteiger partial charge on any atom is -0.379 e. The molecule has 0 rings (SSSR count). The monoisotopic (exact) mass is 166 g/mol. The third kappa shape index (κ3) is 3.06. The third-order valence-electron chi connectivity index (χ3n) is 1.08. The van der Waals surface area contributed by atoms with Crippen LogP contribution in [0.3, 0.4) is 0 Å². The Bertz CT molecular complexity index is 46.0. The van der Waals surface area contributed by atoms with Crippen LogP contribution in [0.1, 0.15) is 26.7 Å². The molecule has 44 valence electrons. The largest absolute Gasteiger partial charge is 0.379 e. The molecule has 0 aliphatic carbocycles. The first kappa shape index (κ1) is 7.44. The SMILES string of the molecule is CCC(O)(Br)CC. The Kier molecular flexibility index (Phi) is 2.84. The topological polar surface area (TPSA) is 20.2 Å². The van der Waals surface area contributed by atoms with E-state index < -0.39 is 4.51 Å². The summed E-state index contributed by atoms with van der Waals surface area (Å²) in [5, 5.41) is 9.05. The van der Waals surface area contributed by atoms with Crippen LogP contribution < -0.4 is 0 Å². The minimum absolute atomic E-state index is 0.604. The van der Waals surface area contributed by atoms with Crippen molar-refractivity contribution in [3.63, 3.8) is 0 Å². The molecule has 7 heavy (non-hydrogen) atoms. The van der Waals surface area contributed by atoms with E-state index in [0.717, 1.165) is 12.8 Å². The van der Waals surface area contributed by atoms with Crippen molar-refractivity contribution in [2.24, 2.45) is 0 Å². The molecule has 0 atom stereocenters. The molecule has 0 amide bonds. The molecule has 0 radical (unpaired) electrons. The molecule has 0 aliphatic heterocycles. The molecule has 0 heterocycles. The maximum atomic E-state index is 9.05. The summed E-state index contributed by atoms with van der Waals surface area (Å²) in [6.45, 7) is 3.89. The van der Waals surface area contributed by atoms with E-state index in [2.05, 4.69) is 15.9 Å². The zero-order valence-electron chi connectivity index (χ0n) is 4.74. The van der Waals surface area contributed by atoms with Crippen molar-refractivity contribution >= 4 is 15.9 Å². The molecule has 2 heteroatoms. The highest BCUT2D eigenvalue weighted by molar-refractivity contribution is 9.10. The van der Waals surface area contributed by atoms with E-state index in [1.165, 1.54) is 0 Å². The van der Waals surface area contributed by atoms with Crippen LogP contribution in [0.2, 0.25) is 0 Å². The predicted octanol–water partition coefficient (Wildman–Crippen LogP) is 1.89. The Balaban J connectivity index is 3.36. The fourth-order valence-electron chi connectivity index (χ4n) is 0.250. The van der Waals surface area contributed by atoms with E-state index in [9.17, 15) is 0 Å². The smallest absolute Gasteiger partial charge is 0.119 e. The van der Waals surface area contributed by atoms with Crippen molar-refractivity contribution in [1.29, 1.82) is 0 Å². The molecular weight excluding hydrogens is 156 g/mol. The van der Waals surface area contributed by atoms with Crippen molar-refractivity contribution in [2.75, 3.05) is 0 Å². The molecule has 0 fully saturated rings. The number of rotatable bonds is 2. The summed E-state index contributed by atoms with van der Waals surface area (Å²) in [7, 11) is 0. The van der Waals surface area contributed by atoms with E-state index >= 15 is 0 Å². The molecule has 0 aliphatic rings. The average Bonchev–Trinajstić information content (AvgIpc) is 1.68. The lowest BCUT2D eigenvalue weighted by Gasteiger charge is -2.14. The molecule has 0 unspecified atom stereocenters. The Hall–Kier alpha value is 0.440. The van der Waals surface area contributed by atoms with Crippen LogP contribution in [-0.2, 0) is 0 Å². The molecular formula is C5H11BrO. The second kappa shape index (κ2) is 2.68. The van der Waals surface area contributed by atoms with Crippen molar-refractivity contribution < 1.29 is 5.11 Å². The van der Waals surface area contributed by atoms with Gasteiger partial charge in [0.05, 0.1) is 0 Å². The van der Waals surface area contributed by atoms with Gasteiger partial charge in [-0.25, -0.2) is 0 Å². The lowest BCUT2D eigenvalue weighted by molar-refractivity contribution is 0.137. The predicted molar refractivity (Wildman–Crippen MR) is 34.5 cm³/mol. The second-order valence-corrected chi connectivity index (χ2v) is 3.10. The summed E-state index contributed by atoms with van der Waals surface area (Å²) >= 11 is 3.14. The highest BCUT2D eigenvalue weighted by Crippen LogP contribution is 2.21. The molecule has 1 nitrogen and oxygen atoms in total. The quantitative estimate of drug-likeness (QED) is 0.622. The van der Waals surface area contributed by atoms with E-state index in [-0.39, 0.29) is 0 Å².